The third-order valence-corrected chi connectivity index (χ3v) is 6.45. The molecule has 5 atom stereocenters. The fourth-order valence-electron chi connectivity index (χ4n) is 4.90. The van der Waals surface area contributed by atoms with Gasteiger partial charge in [-0.2, -0.15) is 0 Å². The third kappa shape index (κ3) is 7.19. The summed E-state index contributed by atoms with van der Waals surface area (Å²) >= 11 is 0. The van der Waals surface area contributed by atoms with Crippen molar-refractivity contribution in [3.8, 4) is 0 Å². The first-order valence-corrected chi connectivity index (χ1v) is 11.1. The van der Waals surface area contributed by atoms with Crippen LogP contribution in [0, 0.1) is 23.7 Å². The van der Waals surface area contributed by atoms with Crippen molar-refractivity contribution >= 4 is 5.97 Å². The molecular formula is C22H40O4. The van der Waals surface area contributed by atoms with Crippen LogP contribution in [0.3, 0.4) is 0 Å². The van der Waals surface area contributed by atoms with E-state index in [4.69, 9.17) is 9.47 Å². The number of aliphatic carboxylic acids is 1. The Morgan fingerprint density at radius 1 is 1.08 bits per heavy atom. The van der Waals surface area contributed by atoms with E-state index >= 15 is 0 Å². The minimum Gasteiger partial charge on any atom is -0.481 e. The molecule has 0 aromatic carbocycles. The Bertz CT molecular complexity index is 392. The van der Waals surface area contributed by atoms with Crippen LogP contribution in [-0.2, 0) is 14.3 Å². The van der Waals surface area contributed by atoms with Crippen molar-refractivity contribution in [3.05, 3.63) is 0 Å². The topological polar surface area (TPSA) is 55.8 Å². The lowest BCUT2D eigenvalue weighted by Gasteiger charge is -2.37. The van der Waals surface area contributed by atoms with Crippen LogP contribution in [0.15, 0.2) is 0 Å². The molecule has 26 heavy (non-hydrogen) atoms. The molecule has 1 aliphatic heterocycles. The first-order chi connectivity index (χ1) is 12.6. The summed E-state index contributed by atoms with van der Waals surface area (Å²) in [4.78, 5) is 11.5. The zero-order valence-electron chi connectivity index (χ0n) is 17.0. The van der Waals surface area contributed by atoms with Crippen LogP contribution in [0.5, 0.6) is 0 Å². The summed E-state index contributed by atoms with van der Waals surface area (Å²) in [5.74, 6) is 1.22. The summed E-state index contributed by atoms with van der Waals surface area (Å²) in [7, 11) is 0. The van der Waals surface area contributed by atoms with Gasteiger partial charge in [0, 0.05) is 6.61 Å². The summed E-state index contributed by atoms with van der Waals surface area (Å²) < 4.78 is 11.8. The molecule has 0 amide bonds. The zero-order chi connectivity index (χ0) is 18.8. The van der Waals surface area contributed by atoms with Crippen molar-refractivity contribution in [2.45, 2.75) is 97.2 Å². The molecule has 4 nitrogen and oxygen atoms in total. The van der Waals surface area contributed by atoms with Gasteiger partial charge < -0.3 is 14.6 Å². The van der Waals surface area contributed by atoms with E-state index in [9.17, 15) is 9.90 Å². The minimum absolute atomic E-state index is 0.00961. The van der Waals surface area contributed by atoms with Crippen LogP contribution < -0.4 is 0 Å². The van der Waals surface area contributed by atoms with E-state index in [2.05, 4.69) is 13.8 Å². The van der Waals surface area contributed by atoms with Gasteiger partial charge in [0.2, 0.25) is 0 Å². The zero-order valence-corrected chi connectivity index (χ0v) is 17.0. The molecule has 2 aliphatic rings. The largest absolute Gasteiger partial charge is 0.481 e. The Morgan fingerprint density at radius 2 is 1.92 bits per heavy atom. The standard InChI is InChI=1S/C22H40O4/c1-3-7-17-10-11-20(16-26-21-9-5-6-14-25-21)19(15-17)13-12-18(8-4-2)22(23)24/h17-21H,3-16H2,1-2H3,(H,23,24). The van der Waals surface area contributed by atoms with Gasteiger partial charge in [0.1, 0.15) is 0 Å². The van der Waals surface area contributed by atoms with Crippen LogP contribution in [0.4, 0.5) is 0 Å². The molecule has 0 aromatic rings. The van der Waals surface area contributed by atoms with E-state index in [1.807, 2.05) is 0 Å². The molecule has 152 valence electrons. The molecule has 2 rings (SSSR count). The highest BCUT2D eigenvalue weighted by Gasteiger charge is 2.32. The predicted molar refractivity (Wildman–Crippen MR) is 104 cm³/mol. The highest BCUT2D eigenvalue weighted by atomic mass is 16.7. The molecule has 1 heterocycles. The van der Waals surface area contributed by atoms with Crippen LogP contribution in [0.25, 0.3) is 0 Å². The van der Waals surface area contributed by atoms with Gasteiger partial charge in [-0.1, -0.05) is 39.5 Å². The SMILES string of the molecule is CCCC1CCC(COC2CCCCO2)C(CCC(CCC)C(=O)O)C1. The first kappa shape index (κ1) is 21.7. The molecule has 0 radical (unpaired) electrons. The Morgan fingerprint density at radius 3 is 2.58 bits per heavy atom. The van der Waals surface area contributed by atoms with Gasteiger partial charge in [0.15, 0.2) is 6.29 Å². The highest BCUT2D eigenvalue weighted by molar-refractivity contribution is 5.69. The maximum absolute atomic E-state index is 11.5. The molecule has 0 spiro atoms. The van der Waals surface area contributed by atoms with Crippen molar-refractivity contribution in [1.82, 2.24) is 0 Å². The summed E-state index contributed by atoms with van der Waals surface area (Å²) in [6.45, 7) is 5.97. The maximum atomic E-state index is 11.5. The second kappa shape index (κ2) is 12.0. The van der Waals surface area contributed by atoms with Crippen LogP contribution in [0.2, 0.25) is 0 Å². The van der Waals surface area contributed by atoms with Gasteiger partial charge in [-0.25, -0.2) is 0 Å². The quantitative estimate of drug-likeness (QED) is 0.512. The Kier molecular flexibility index (Phi) is 9.98. The van der Waals surface area contributed by atoms with Gasteiger partial charge in [-0.3, -0.25) is 4.79 Å². The average molecular weight is 369 g/mol. The first-order valence-electron chi connectivity index (χ1n) is 11.1. The number of carbonyl (C=O) groups is 1. The van der Waals surface area contributed by atoms with Gasteiger partial charge in [-0.15, -0.1) is 0 Å². The lowest BCUT2D eigenvalue weighted by atomic mass is 9.70. The maximum Gasteiger partial charge on any atom is 0.306 e. The smallest absolute Gasteiger partial charge is 0.306 e. The van der Waals surface area contributed by atoms with E-state index in [0.717, 1.165) is 57.7 Å². The number of hydrogen-bond acceptors (Lipinski definition) is 3. The summed E-state index contributed by atoms with van der Waals surface area (Å²) in [6.07, 6.45) is 13.3. The fourth-order valence-corrected chi connectivity index (χ4v) is 4.90. The fraction of sp³-hybridized carbons (Fsp3) is 0.955. The van der Waals surface area contributed by atoms with E-state index < -0.39 is 5.97 Å². The summed E-state index contributed by atoms with van der Waals surface area (Å²) in [5, 5.41) is 9.47. The van der Waals surface area contributed by atoms with Crippen LogP contribution in [0.1, 0.15) is 90.9 Å². The van der Waals surface area contributed by atoms with E-state index in [1.54, 1.807) is 0 Å². The molecule has 0 aromatic heterocycles. The molecule has 1 saturated heterocycles. The van der Waals surface area contributed by atoms with Gasteiger partial charge in [-0.05, 0) is 69.1 Å². The lowest BCUT2D eigenvalue weighted by molar-refractivity contribution is -0.174. The Hall–Kier alpha value is -0.610. The van der Waals surface area contributed by atoms with Crippen LogP contribution >= 0.6 is 0 Å². The third-order valence-electron chi connectivity index (χ3n) is 6.45. The molecule has 2 fully saturated rings. The van der Waals surface area contributed by atoms with Crippen molar-refractivity contribution in [2.75, 3.05) is 13.2 Å². The number of ether oxygens (including phenoxy) is 2. The number of rotatable bonds is 11. The number of hydrogen-bond donors (Lipinski definition) is 1. The second-order valence-corrected chi connectivity index (χ2v) is 8.52. The van der Waals surface area contributed by atoms with Crippen molar-refractivity contribution in [3.63, 3.8) is 0 Å². The van der Waals surface area contributed by atoms with Gasteiger partial charge >= 0.3 is 5.97 Å². The van der Waals surface area contributed by atoms with Gasteiger partial charge in [0.05, 0.1) is 12.5 Å². The molecule has 1 N–H and O–H groups in total. The number of carboxylic acids is 1. The van der Waals surface area contributed by atoms with Crippen molar-refractivity contribution in [2.24, 2.45) is 23.7 Å². The monoisotopic (exact) mass is 368 g/mol. The Labute approximate surface area is 160 Å². The summed E-state index contributed by atoms with van der Waals surface area (Å²) in [6, 6.07) is 0. The second-order valence-electron chi connectivity index (χ2n) is 8.52. The van der Waals surface area contributed by atoms with Crippen molar-refractivity contribution < 1.29 is 19.4 Å². The van der Waals surface area contributed by atoms with E-state index in [0.29, 0.717) is 11.8 Å². The molecule has 1 saturated carbocycles. The van der Waals surface area contributed by atoms with E-state index in [-0.39, 0.29) is 12.2 Å². The van der Waals surface area contributed by atoms with Gasteiger partial charge in [0.25, 0.3) is 0 Å². The normalized spacial score (nSPS) is 30.8. The Balaban J connectivity index is 1.87. The van der Waals surface area contributed by atoms with Crippen LogP contribution in [-0.4, -0.2) is 30.6 Å². The lowest BCUT2D eigenvalue weighted by Crippen LogP contribution is -2.32. The molecule has 5 unspecified atom stereocenters. The number of carboxylic acid groups (broad SMARTS) is 1. The molecule has 1 aliphatic carbocycles. The average Bonchev–Trinajstić information content (AvgIpc) is 2.65. The molecule has 0 bridgehead atoms. The van der Waals surface area contributed by atoms with Crippen molar-refractivity contribution in [1.29, 1.82) is 0 Å². The summed E-state index contributed by atoms with van der Waals surface area (Å²) in [5.41, 5.74) is 0. The predicted octanol–water partition coefficient (Wildman–Crippen LogP) is 5.64. The minimum atomic E-state index is -0.615. The molecular weight excluding hydrogens is 328 g/mol. The molecule has 4 heteroatoms. The highest BCUT2D eigenvalue weighted by Crippen LogP contribution is 2.40. The van der Waals surface area contributed by atoms with E-state index in [1.165, 1.54) is 38.5 Å².